The molecule has 1 aromatic rings. The SMILES string of the molecule is CC1CCN(C(=O)C(C)(C)Oc2ccc(Cl)cc2)CC1O. The number of likely N-dealkylation sites (tertiary alicyclic amines) is 1. The van der Waals surface area contributed by atoms with Crippen LogP contribution in [-0.2, 0) is 4.79 Å². The fourth-order valence-corrected chi connectivity index (χ4v) is 2.58. The average molecular weight is 312 g/mol. The van der Waals surface area contributed by atoms with Crippen molar-refractivity contribution in [3.8, 4) is 5.75 Å². The molecule has 1 heterocycles. The van der Waals surface area contributed by atoms with Gasteiger partial charge in [-0.2, -0.15) is 0 Å². The van der Waals surface area contributed by atoms with Gasteiger partial charge in [0.25, 0.3) is 5.91 Å². The third-order valence-corrected chi connectivity index (χ3v) is 4.16. The Balaban J connectivity index is 2.04. The molecule has 1 aromatic carbocycles. The molecule has 0 bridgehead atoms. The topological polar surface area (TPSA) is 49.8 Å². The van der Waals surface area contributed by atoms with E-state index in [0.29, 0.717) is 23.9 Å². The first kappa shape index (κ1) is 16.1. The van der Waals surface area contributed by atoms with E-state index in [4.69, 9.17) is 16.3 Å². The van der Waals surface area contributed by atoms with Gasteiger partial charge in [0, 0.05) is 18.1 Å². The molecule has 1 fully saturated rings. The van der Waals surface area contributed by atoms with E-state index in [0.717, 1.165) is 6.42 Å². The zero-order chi connectivity index (χ0) is 15.6. The van der Waals surface area contributed by atoms with Crippen molar-refractivity contribution in [2.75, 3.05) is 13.1 Å². The van der Waals surface area contributed by atoms with Gasteiger partial charge in [-0.3, -0.25) is 4.79 Å². The minimum absolute atomic E-state index is 0.108. The molecule has 0 spiro atoms. The molecule has 0 radical (unpaired) electrons. The van der Waals surface area contributed by atoms with Crippen LogP contribution in [0.1, 0.15) is 27.2 Å². The zero-order valence-electron chi connectivity index (χ0n) is 12.7. The van der Waals surface area contributed by atoms with Crippen molar-refractivity contribution >= 4 is 17.5 Å². The Morgan fingerprint density at radius 3 is 2.57 bits per heavy atom. The lowest BCUT2D eigenvalue weighted by atomic mass is 9.94. The number of carbonyl (C=O) groups excluding carboxylic acids is 1. The zero-order valence-corrected chi connectivity index (χ0v) is 13.4. The number of ether oxygens (including phenoxy) is 1. The van der Waals surface area contributed by atoms with Crippen molar-refractivity contribution in [1.29, 1.82) is 0 Å². The molecule has 1 amide bonds. The fourth-order valence-electron chi connectivity index (χ4n) is 2.46. The number of halogens is 1. The molecule has 2 rings (SSSR count). The Labute approximate surface area is 130 Å². The lowest BCUT2D eigenvalue weighted by Crippen LogP contribution is -2.54. The molecule has 21 heavy (non-hydrogen) atoms. The molecule has 1 saturated heterocycles. The number of hydrogen-bond acceptors (Lipinski definition) is 3. The summed E-state index contributed by atoms with van der Waals surface area (Å²) >= 11 is 5.84. The van der Waals surface area contributed by atoms with E-state index >= 15 is 0 Å². The predicted molar refractivity (Wildman–Crippen MR) is 82.5 cm³/mol. The molecule has 5 heteroatoms. The number of nitrogens with zero attached hydrogens (tertiary/aromatic N) is 1. The quantitative estimate of drug-likeness (QED) is 0.934. The van der Waals surface area contributed by atoms with Crippen molar-refractivity contribution in [3.63, 3.8) is 0 Å². The van der Waals surface area contributed by atoms with E-state index in [1.165, 1.54) is 0 Å². The van der Waals surface area contributed by atoms with Crippen LogP contribution < -0.4 is 4.74 Å². The molecule has 2 unspecified atom stereocenters. The Bertz CT molecular complexity index is 501. The molecular formula is C16H22ClNO3. The monoisotopic (exact) mass is 311 g/mol. The maximum Gasteiger partial charge on any atom is 0.266 e. The third kappa shape index (κ3) is 3.89. The lowest BCUT2D eigenvalue weighted by Gasteiger charge is -2.38. The molecule has 1 aliphatic rings. The normalized spacial score (nSPS) is 23.0. The number of aliphatic hydroxyl groups excluding tert-OH is 1. The highest BCUT2D eigenvalue weighted by Gasteiger charge is 2.37. The summed E-state index contributed by atoms with van der Waals surface area (Å²) in [6.07, 6.45) is 0.346. The highest BCUT2D eigenvalue weighted by molar-refractivity contribution is 6.30. The van der Waals surface area contributed by atoms with Crippen molar-refractivity contribution < 1.29 is 14.6 Å². The van der Waals surface area contributed by atoms with E-state index < -0.39 is 11.7 Å². The number of β-amino-alcohol motifs (C(OH)–C–C–N with tert-alkyl or cyclic N) is 1. The average Bonchev–Trinajstić information content (AvgIpc) is 2.43. The van der Waals surface area contributed by atoms with Gasteiger partial charge in [-0.15, -0.1) is 0 Å². The van der Waals surface area contributed by atoms with Crippen molar-refractivity contribution in [3.05, 3.63) is 29.3 Å². The van der Waals surface area contributed by atoms with Gasteiger partial charge in [0.2, 0.25) is 0 Å². The first-order valence-electron chi connectivity index (χ1n) is 7.21. The number of aliphatic hydroxyl groups is 1. The number of carbonyl (C=O) groups is 1. The lowest BCUT2D eigenvalue weighted by molar-refractivity contribution is -0.149. The van der Waals surface area contributed by atoms with Crippen molar-refractivity contribution in [1.82, 2.24) is 4.90 Å². The Kier molecular flexibility index (Phi) is 4.79. The minimum Gasteiger partial charge on any atom is -0.478 e. The maximum absolute atomic E-state index is 12.6. The summed E-state index contributed by atoms with van der Waals surface area (Å²) in [6, 6.07) is 6.93. The molecule has 4 nitrogen and oxygen atoms in total. The fraction of sp³-hybridized carbons (Fsp3) is 0.562. The smallest absolute Gasteiger partial charge is 0.266 e. The van der Waals surface area contributed by atoms with E-state index in [1.807, 2.05) is 6.92 Å². The van der Waals surface area contributed by atoms with Gasteiger partial charge in [0.05, 0.1) is 6.10 Å². The van der Waals surface area contributed by atoms with Crippen LogP contribution in [0.25, 0.3) is 0 Å². The summed E-state index contributed by atoms with van der Waals surface area (Å²) in [5, 5.41) is 10.6. The Morgan fingerprint density at radius 2 is 2.00 bits per heavy atom. The second-order valence-electron chi connectivity index (χ2n) is 6.15. The summed E-state index contributed by atoms with van der Waals surface area (Å²) in [6.45, 7) is 6.52. The number of piperidine rings is 1. The van der Waals surface area contributed by atoms with Gasteiger partial charge in [-0.25, -0.2) is 0 Å². The van der Waals surface area contributed by atoms with E-state index in [-0.39, 0.29) is 11.8 Å². The molecule has 0 aliphatic carbocycles. The van der Waals surface area contributed by atoms with Crippen LogP contribution >= 0.6 is 11.6 Å². The van der Waals surface area contributed by atoms with Gasteiger partial charge in [-0.1, -0.05) is 18.5 Å². The van der Waals surface area contributed by atoms with Gasteiger partial charge in [0.1, 0.15) is 5.75 Å². The van der Waals surface area contributed by atoms with Crippen LogP contribution in [0.3, 0.4) is 0 Å². The summed E-state index contributed by atoms with van der Waals surface area (Å²) in [4.78, 5) is 14.3. The van der Waals surface area contributed by atoms with E-state index in [9.17, 15) is 9.90 Å². The first-order chi connectivity index (χ1) is 9.79. The van der Waals surface area contributed by atoms with Crippen LogP contribution in [0.4, 0.5) is 0 Å². The molecular weight excluding hydrogens is 290 g/mol. The second-order valence-corrected chi connectivity index (χ2v) is 6.59. The molecule has 116 valence electrons. The van der Waals surface area contributed by atoms with Gasteiger partial charge in [-0.05, 0) is 50.5 Å². The first-order valence-corrected chi connectivity index (χ1v) is 7.59. The molecule has 1 aliphatic heterocycles. The standard InChI is InChI=1S/C16H22ClNO3/c1-11-8-9-18(10-14(11)19)15(20)16(2,3)21-13-6-4-12(17)5-7-13/h4-7,11,14,19H,8-10H2,1-3H3. The highest BCUT2D eigenvalue weighted by atomic mass is 35.5. The molecule has 2 atom stereocenters. The van der Waals surface area contributed by atoms with Crippen molar-refractivity contribution in [2.45, 2.75) is 38.9 Å². The molecule has 0 saturated carbocycles. The second kappa shape index (κ2) is 6.24. The van der Waals surface area contributed by atoms with Gasteiger partial charge < -0.3 is 14.7 Å². The number of amides is 1. The minimum atomic E-state index is -0.978. The number of benzene rings is 1. The van der Waals surface area contributed by atoms with E-state index in [2.05, 4.69) is 0 Å². The highest BCUT2D eigenvalue weighted by Crippen LogP contribution is 2.25. The molecule has 0 aromatic heterocycles. The van der Waals surface area contributed by atoms with Gasteiger partial charge in [0.15, 0.2) is 5.60 Å². The Hall–Kier alpha value is -1.26. The summed E-state index contributed by atoms with van der Waals surface area (Å²) < 4.78 is 5.80. The van der Waals surface area contributed by atoms with E-state index in [1.54, 1.807) is 43.0 Å². The summed E-state index contributed by atoms with van der Waals surface area (Å²) in [5.74, 6) is 0.724. The number of rotatable bonds is 3. The van der Waals surface area contributed by atoms with Crippen LogP contribution in [0.2, 0.25) is 5.02 Å². The third-order valence-electron chi connectivity index (χ3n) is 3.91. The maximum atomic E-state index is 12.6. The number of hydrogen-bond donors (Lipinski definition) is 1. The summed E-state index contributed by atoms with van der Waals surface area (Å²) in [5.41, 5.74) is -0.978. The van der Waals surface area contributed by atoms with Crippen LogP contribution in [-0.4, -0.2) is 40.7 Å². The Morgan fingerprint density at radius 1 is 1.38 bits per heavy atom. The van der Waals surface area contributed by atoms with Gasteiger partial charge >= 0.3 is 0 Å². The van der Waals surface area contributed by atoms with Crippen molar-refractivity contribution in [2.24, 2.45) is 5.92 Å². The molecule has 1 N–H and O–H groups in total. The summed E-state index contributed by atoms with van der Waals surface area (Å²) in [7, 11) is 0. The van der Waals surface area contributed by atoms with Crippen LogP contribution in [0.5, 0.6) is 5.75 Å². The largest absolute Gasteiger partial charge is 0.478 e. The van der Waals surface area contributed by atoms with Crippen LogP contribution in [0.15, 0.2) is 24.3 Å². The van der Waals surface area contributed by atoms with Crippen LogP contribution in [0, 0.1) is 5.92 Å². The predicted octanol–water partition coefficient (Wildman–Crippen LogP) is 2.73.